The largest absolute Gasteiger partial charge is 0.348 e. The number of hydrogen-bond acceptors (Lipinski definition) is 4. The molecule has 3 N–H and O–H groups in total. The van der Waals surface area contributed by atoms with Gasteiger partial charge >= 0.3 is 0 Å². The zero-order chi connectivity index (χ0) is 21.2. The lowest BCUT2D eigenvalue weighted by atomic mass is 10.1. The van der Waals surface area contributed by atoms with Crippen LogP contribution in [0.3, 0.4) is 0 Å². The van der Waals surface area contributed by atoms with Gasteiger partial charge in [0.1, 0.15) is 0 Å². The van der Waals surface area contributed by atoms with Crippen LogP contribution in [0.1, 0.15) is 38.4 Å². The molecule has 29 heavy (non-hydrogen) atoms. The van der Waals surface area contributed by atoms with E-state index in [1.807, 2.05) is 48.9 Å². The SMILES string of the molecule is Cc1ccc(C(=O)NCc2c(C)nn(Cc3ccccc3)c2C)cc1S(N)(=O)=O. The minimum Gasteiger partial charge on any atom is -0.348 e. The van der Waals surface area contributed by atoms with Gasteiger partial charge in [0.25, 0.3) is 5.91 Å². The molecule has 3 rings (SSSR count). The predicted octanol–water partition coefficient (Wildman–Crippen LogP) is 2.43. The quantitative estimate of drug-likeness (QED) is 0.648. The van der Waals surface area contributed by atoms with Crippen LogP contribution in [0, 0.1) is 20.8 Å². The van der Waals surface area contributed by atoms with Crippen molar-refractivity contribution in [2.45, 2.75) is 38.8 Å². The predicted molar refractivity (Wildman–Crippen MR) is 111 cm³/mol. The summed E-state index contributed by atoms with van der Waals surface area (Å²) in [6.45, 7) is 6.45. The number of aryl methyl sites for hydroxylation is 2. The van der Waals surface area contributed by atoms with Gasteiger partial charge < -0.3 is 5.32 Å². The van der Waals surface area contributed by atoms with Gasteiger partial charge in [0.2, 0.25) is 10.0 Å². The average molecular weight is 413 g/mol. The summed E-state index contributed by atoms with van der Waals surface area (Å²) in [5, 5.41) is 12.7. The first-order valence-electron chi connectivity index (χ1n) is 9.15. The van der Waals surface area contributed by atoms with Crippen molar-refractivity contribution in [3.05, 3.63) is 82.2 Å². The second-order valence-electron chi connectivity index (χ2n) is 7.00. The Morgan fingerprint density at radius 3 is 2.45 bits per heavy atom. The highest BCUT2D eigenvalue weighted by Gasteiger charge is 2.17. The highest BCUT2D eigenvalue weighted by molar-refractivity contribution is 7.89. The molecule has 0 aliphatic carbocycles. The van der Waals surface area contributed by atoms with Crippen LogP contribution in [0.4, 0.5) is 0 Å². The summed E-state index contributed by atoms with van der Waals surface area (Å²) < 4.78 is 25.3. The number of primary sulfonamides is 1. The second kappa shape index (κ2) is 8.18. The van der Waals surface area contributed by atoms with Crippen LogP contribution in [-0.4, -0.2) is 24.1 Å². The van der Waals surface area contributed by atoms with E-state index in [0.29, 0.717) is 18.7 Å². The number of carbonyl (C=O) groups is 1. The van der Waals surface area contributed by atoms with E-state index < -0.39 is 10.0 Å². The molecule has 0 fully saturated rings. The Bertz CT molecular complexity index is 1150. The number of benzene rings is 2. The smallest absolute Gasteiger partial charge is 0.251 e. The molecule has 0 spiro atoms. The summed E-state index contributed by atoms with van der Waals surface area (Å²) >= 11 is 0. The molecule has 0 radical (unpaired) electrons. The van der Waals surface area contributed by atoms with Crippen LogP contribution in [0.25, 0.3) is 0 Å². The number of amides is 1. The van der Waals surface area contributed by atoms with E-state index >= 15 is 0 Å². The van der Waals surface area contributed by atoms with Gasteiger partial charge in [0.05, 0.1) is 17.1 Å². The molecular weight excluding hydrogens is 388 g/mol. The fourth-order valence-corrected chi connectivity index (χ4v) is 4.03. The third-order valence-electron chi connectivity index (χ3n) is 4.89. The van der Waals surface area contributed by atoms with Crippen molar-refractivity contribution in [3.63, 3.8) is 0 Å². The molecule has 1 aromatic heterocycles. The Hall–Kier alpha value is -2.97. The first kappa shape index (κ1) is 20.8. The van der Waals surface area contributed by atoms with Gasteiger partial charge in [0, 0.05) is 23.4 Å². The highest BCUT2D eigenvalue weighted by atomic mass is 32.2. The van der Waals surface area contributed by atoms with Crippen LogP contribution < -0.4 is 10.5 Å². The number of nitrogens with one attached hydrogen (secondary N) is 1. The molecule has 2 aromatic carbocycles. The van der Waals surface area contributed by atoms with Crippen molar-refractivity contribution in [2.75, 3.05) is 0 Å². The molecule has 3 aromatic rings. The van der Waals surface area contributed by atoms with E-state index in [9.17, 15) is 13.2 Å². The third-order valence-corrected chi connectivity index (χ3v) is 5.94. The summed E-state index contributed by atoms with van der Waals surface area (Å²) in [4.78, 5) is 12.5. The van der Waals surface area contributed by atoms with E-state index in [1.165, 1.54) is 6.07 Å². The number of nitrogens with two attached hydrogens (primary N) is 1. The molecule has 0 saturated carbocycles. The molecule has 7 nitrogen and oxygen atoms in total. The standard InChI is InChI=1S/C21H24N4O3S/c1-14-9-10-18(11-20(14)29(22,27)28)21(26)23-12-19-15(2)24-25(16(19)3)13-17-7-5-4-6-8-17/h4-11H,12-13H2,1-3H3,(H,23,26)(H2,22,27,28). The Kier molecular flexibility index (Phi) is 5.86. The number of carbonyl (C=O) groups excluding carboxylic acids is 1. The number of rotatable bonds is 6. The summed E-state index contributed by atoms with van der Waals surface area (Å²) in [5.41, 5.74) is 4.63. The molecule has 0 bridgehead atoms. The van der Waals surface area contributed by atoms with Crippen LogP contribution in [-0.2, 0) is 23.1 Å². The van der Waals surface area contributed by atoms with Gasteiger partial charge in [-0.05, 0) is 44.0 Å². The van der Waals surface area contributed by atoms with Gasteiger partial charge in [-0.15, -0.1) is 0 Å². The van der Waals surface area contributed by atoms with Crippen LogP contribution in [0.15, 0.2) is 53.4 Å². The minimum atomic E-state index is -3.89. The molecular formula is C21H24N4O3S. The molecule has 0 saturated heterocycles. The lowest BCUT2D eigenvalue weighted by Gasteiger charge is -2.09. The Balaban J connectivity index is 1.76. The maximum Gasteiger partial charge on any atom is 0.251 e. The summed E-state index contributed by atoms with van der Waals surface area (Å²) in [5.74, 6) is -0.371. The van der Waals surface area contributed by atoms with Crippen molar-refractivity contribution < 1.29 is 13.2 Å². The maximum atomic E-state index is 12.6. The highest BCUT2D eigenvalue weighted by Crippen LogP contribution is 2.17. The number of sulfonamides is 1. The summed E-state index contributed by atoms with van der Waals surface area (Å²) in [7, 11) is -3.89. The monoisotopic (exact) mass is 412 g/mol. The first-order chi connectivity index (χ1) is 13.7. The Morgan fingerprint density at radius 2 is 1.79 bits per heavy atom. The number of aromatic nitrogens is 2. The number of nitrogens with zero attached hydrogens (tertiary/aromatic N) is 2. The van der Waals surface area contributed by atoms with Gasteiger partial charge in [-0.25, -0.2) is 13.6 Å². The van der Waals surface area contributed by atoms with Crippen molar-refractivity contribution in [1.82, 2.24) is 15.1 Å². The van der Waals surface area contributed by atoms with Gasteiger partial charge in [-0.3, -0.25) is 9.48 Å². The fraction of sp³-hybridized carbons (Fsp3) is 0.238. The van der Waals surface area contributed by atoms with Gasteiger partial charge in [-0.2, -0.15) is 5.10 Å². The van der Waals surface area contributed by atoms with Gasteiger partial charge in [0.15, 0.2) is 0 Å². The first-order valence-corrected chi connectivity index (χ1v) is 10.7. The van der Waals surface area contributed by atoms with Gasteiger partial charge in [-0.1, -0.05) is 36.4 Å². The van der Waals surface area contributed by atoms with E-state index in [2.05, 4.69) is 10.4 Å². The summed E-state index contributed by atoms with van der Waals surface area (Å²) in [6, 6.07) is 14.5. The minimum absolute atomic E-state index is 0.0480. The number of hydrogen-bond donors (Lipinski definition) is 2. The van der Waals surface area contributed by atoms with Crippen molar-refractivity contribution in [2.24, 2.45) is 5.14 Å². The third kappa shape index (κ3) is 4.72. The zero-order valence-electron chi connectivity index (χ0n) is 16.6. The van der Waals surface area contributed by atoms with Crippen LogP contribution >= 0.6 is 0 Å². The van der Waals surface area contributed by atoms with Crippen molar-refractivity contribution in [3.8, 4) is 0 Å². The second-order valence-corrected chi connectivity index (χ2v) is 8.53. The van der Waals surface area contributed by atoms with Crippen molar-refractivity contribution >= 4 is 15.9 Å². The molecule has 0 aliphatic rings. The molecule has 152 valence electrons. The topological polar surface area (TPSA) is 107 Å². The van der Waals surface area contributed by atoms with Crippen molar-refractivity contribution in [1.29, 1.82) is 0 Å². The normalized spacial score (nSPS) is 11.4. The molecule has 1 heterocycles. The molecule has 0 aliphatic heterocycles. The molecule has 8 heteroatoms. The molecule has 1 amide bonds. The molecule has 0 atom stereocenters. The van der Waals surface area contributed by atoms with Crippen LogP contribution in [0.5, 0.6) is 0 Å². The average Bonchev–Trinajstić information content (AvgIpc) is 2.93. The van der Waals surface area contributed by atoms with E-state index in [-0.39, 0.29) is 16.4 Å². The summed E-state index contributed by atoms with van der Waals surface area (Å²) in [6.07, 6.45) is 0. The Labute approximate surface area is 170 Å². The zero-order valence-corrected chi connectivity index (χ0v) is 17.5. The van der Waals surface area contributed by atoms with E-state index in [4.69, 9.17) is 5.14 Å². The molecule has 0 unspecified atom stereocenters. The lowest BCUT2D eigenvalue weighted by molar-refractivity contribution is 0.0950. The maximum absolute atomic E-state index is 12.6. The fourth-order valence-electron chi connectivity index (χ4n) is 3.22. The van der Waals surface area contributed by atoms with E-state index in [1.54, 1.807) is 19.1 Å². The Morgan fingerprint density at radius 1 is 1.10 bits per heavy atom. The van der Waals surface area contributed by atoms with E-state index in [0.717, 1.165) is 22.5 Å². The lowest BCUT2D eigenvalue weighted by Crippen LogP contribution is -2.24. The van der Waals surface area contributed by atoms with Crippen LogP contribution in [0.2, 0.25) is 0 Å².